The lowest BCUT2D eigenvalue weighted by Crippen LogP contribution is -2.44. The van der Waals surface area contributed by atoms with E-state index >= 15 is 0 Å². The molecule has 3 aromatic rings. The zero-order valence-electron chi connectivity index (χ0n) is 17.3. The Balaban J connectivity index is 1.37. The van der Waals surface area contributed by atoms with E-state index in [9.17, 15) is 4.79 Å². The summed E-state index contributed by atoms with van der Waals surface area (Å²) in [5.74, 6) is -0.129. The van der Waals surface area contributed by atoms with Crippen LogP contribution in [0.25, 0.3) is 5.69 Å². The molecule has 2 heterocycles. The first-order valence-electron chi connectivity index (χ1n) is 10.1. The fraction of sp³-hybridized carbons (Fsp3) is 0.304. The molecule has 1 aromatic heterocycles. The average Bonchev–Trinajstić information content (AvgIpc) is 3.15. The molecule has 1 aliphatic heterocycles. The summed E-state index contributed by atoms with van der Waals surface area (Å²) < 4.78 is 1.75. The van der Waals surface area contributed by atoms with Gasteiger partial charge in [0.15, 0.2) is 0 Å². The van der Waals surface area contributed by atoms with Gasteiger partial charge in [0.25, 0.3) is 5.91 Å². The monoisotopic (exact) mass is 423 g/mol. The highest BCUT2D eigenvalue weighted by Gasteiger charge is 2.16. The summed E-state index contributed by atoms with van der Waals surface area (Å²) in [6.45, 7) is 6.63. The molecule has 7 heteroatoms. The lowest BCUT2D eigenvalue weighted by Gasteiger charge is -2.34. The van der Waals surface area contributed by atoms with Crippen molar-refractivity contribution in [1.82, 2.24) is 20.0 Å². The topological polar surface area (TPSA) is 53.4 Å². The van der Waals surface area contributed by atoms with Gasteiger partial charge in [0.05, 0.1) is 23.1 Å². The van der Waals surface area contributed by atoms with E-state index in [1.54, 1.807) is 10.9 Å². The van der Waals surface area contributed by atoms with Crippen LogP contribution in [-0.2, 0) is 6.54 Å². The van der Waals surface area contributed by atoms with E-state index in [-0.39, 0.29) is 5.91 Å². The summed E-state index contributed by atoms with van der Waals surface area (Å²) in [5.41, 5.74) is 4.54. The second kappa shape index (κ2) is 8.90. The maximum atomic E-state index is 12.7. The van der Waals surface area contributed by atoms with E-state index in [1.807, 2.05) is 31.2 Å². The third-order valence-electron chi connectivity index (χ3n) is 5.58. The van der Waals surface area contributed by atoms with Crippen molar-refractivity contribution in [2.24, 2.45) is 0 Å². The van der Waals surface area contributed by atoms with Crippen molar-refractivity contribution in [2.45, 2.75) is 13.5 Å². The molecule has 0 spiro atoms. The minimum atomic E-state index is -0.129. The molecule has 0 atom stereocenters. The van der Waals surface area contributed by atoms with Crippen LogP contribution in [-0.4, -0.2) is 53.8 Å². The number of hydrogen-bond acceptors (Lipinski definition) is 4. The first kappa shape index (κ1) is 20.4. The van der Waals surface area contributed by atoms with Gasteiger partial charge >= 0.3 is 0 Å². The molecule has 4 rings (SSSR count). The van der Waals surface area contributed by atoms with Crippen LogP contribution in [0, 0.1) is 6.92 Å². The molecule has 1 aliphatic rings. The molecule has 1 N–H and O–H groups in total. The normalized spacial score (nSPS) is 14.7. The van der Waals surface area contributed by atoms with Crippen LogP contribution in [0.15, 0.2) is 54.7 Å². The van der Waals surface area contributed by atoms with Crippen LogP contribution in [0.3, 0.4) is 0 Å². The van der Waals surface area contributed by atoms with Gasteiger partial charge in [-0.05, 0) is 55.9 Å². The van der Waals surface area contributed by atoms with Gasteiger partial charge in [-0.2, -0.15) is 5.10 Å². The summed E-state index contributed by atoms with van der Waals surface area (Å²) in [5, 5.41) is 8.03. The first-order chi connectivity index (χ1) is 14.5. The number of nitrogens with one attached hydrogen (secondary N) is 1. The number of halogens is 1. The number of benzene rings is 2. The van der Waals surface area contributed by atoms with Crippen LogP contribution in [0.1, 0.15) is 21.6 Å². The molecular formula is C23H26ClN5O. The fourth-order valence-corrected chi connectivity index (χ4v) is 3.77. The van der Waals surface area contributed by atoms with Crippen molar-refractivity contribution >= 4 is 23.2 Å². The van der Waals surface area contributed by atoms with Gasteiger partial charge in [-0.1, -0.05) is 23.7 Å². The first-order valence-corrected chi connectivity index (χ1v) is 10.5. The van der Waals surface area contributed by atoms with E-state index < -0.39 is 0 Å². The predicted molar refractivity (Wildman–Crippen MR) is 121 cm³/mol. The van der Waals surface area contributed by atoms with E-state index in [1.165, 1.54) is 5.69 Å². The van der Waals surface area contributed by atoms with Crippen LogP contribution in [0.5, 0.6) is 0 Å². The Morgan fingerprint density at radius 3 is 2.30 bits per heavy atom. The van der Waals surface area contributed by atoms with Crippen LogP contribution in [0.2, 0.25) is 5.02 Å². The predicted octanol–water partition coefficient (Wildman–Crippen LogP) is 3.52. The number of aromatic nitrogens is 2. The quantitative estimate of drug-likeness (QED) is 0.682. The number of rotatable bonds is 5. The highest BCUT2D eigenvalue weighted by molar-refractivity contribution is 6.30. The molecule has 0 saturated carbocycles. The number of hydrogen-bond donors (Lipinski definition) is 1. The Morgan fingerprint density at radius 1 is 1.00 bits per heavy atom. The second-order valence-electron chi connectivity index (χ2n) is 7.67. The van der Waals surface area contributed by atoms with Gasteiger partial charge in [-0.3, -0.25) is 4.79 Å². The standard InChI is InChI=1S/C23H26ClN5O/c1-17-22(16-26-29(17)21-9-5-19(24)6-10-21)23(30)25-15-18-3-7-20(8-4-18)28-13-11-27(2)12-14-28/h3-10,16H,11-15H2,1-2H3,(H,25,30). The molecule has 0 unspecified atom stereocenters. The van der Waals surface area contributed by atoms with Gasteiger partial charge in [-0.25, -0.2) is 4.68 Å². The van der Waals surface area contributed by atoms with E-state index in [0.29, 0.717) is 17.1 Å². The summed E-state index contributed by atoms with van der Waals surface area (Å²) in [6.07, 6.45) is 1.61. The van der Waals surface area contributed by atoms with E-state index in [4.69, 9.17) is 11.6 Å². The Hall–Kier alpha value is -2.83. The molecule has 0 aliphatic carbocycles. The number of carbonyl (C=O) groups is 1. The molecule has 30 heavy (non-hydrogen) atoms. The van der Waals surface area contributed by atoms with E-state index in [2.05, 4.69) is 51.5 Å². The zero-order chi connectivity index (χ0) is 21.1. The van der Waals surface area contributed by atoms with Gasteiger partial charge < -0.3 is 15.1 Å². The van der Waals surface area contributed by atoms with Crippen molar-refractivity contribution in [3.8, 4) is 5.69 Å². The summed E-state index contributed by atoms with van der Waals surface area (Å²) >= 11 is 5.96. The molecule has 0 bridgehead atoms. The van der Waals surface area contributed by atoms with Crippen LogP contribution in [0.4, 0.5) is 5.69 Å². The minimum absolute atomic E-state index is 0.129. The Labute approximate surface area is 182 Å². The summed E-state index contributed by atoms with van der Waals surface area (Å²) in [6, 6.07) is 15.8. The molecule has 6 nitrogen and oxygen atoms in total. The van der Waals surface area contributed by atoms with Crippen molar-refractivity contribution in [1.29, 1.82) is 0 Å². The van der Waals surface area contributed by atoms with Gasteiger partial charge in [0.2, 0.25) is 0 Å². The van der Waals surface area contributed by atoms with Crippen molar-refractivity contribution in [3.05, 3.63) is 76.6 Å². The highest BCUT2D eigenvalue weighted by atomic mass is 35.5. The minimum Gasteiger partial charge on any atom is -0.369 e. The average molecular weight is 424 g/mol. The number of piperazine rings is 1. The lowest BCUT2D eigenvalue weighted by atomic mass is 10.1. The molecule has 1 fully saturated rings. The number of amides is 1. The molecule has 0 radical (unpaired) electrons. The summed E-state index contributed by atoms with van der Waals surface area (Å²) in [7, 11) is 2.16. The smallest absolute Gasteiger partial charge is 0.255 e. The van der Waals surface area contributed by atoms with Gasteiger partial charge in [0.1, 0.15) is 0 Å². The van der Waals surface area contributed by atoms with E-state index in [0.717, 1.165) is 43.1 Å². The largest absolute Gasteiger partial charge is 0.369 e. The van der Waals surface area contributed by atoms with Gasteiger partial charge in [-0.15, -0.1) is 0 Å². The van der Waals surface area contributed by atoms with Crippen LogP contribution >= 0.6 is 11.6 Å². The zero-order valence-corrected chi connectivity index (χ0v) is 18.1. The molecule has 1 saturated heterocycles. The number of anilines is 1. The molecular weight excluding hydrogens is 398 g/mol. The number of likely N-dealkylation sites (N-methyl/N-ethyl adjacent to an activating group) is 1. The second-order valence-corrected chi connectivity index (χ2v) is 8.11. The van der Waals surface area contributed by atoms with Crippen molar-refractivity contribution in [3.63, 3.8) is 0 Å². The third-order valence-corrected chi connectivity index (χ3v) is 5.84. The molecule has 2 aromatic carbocycles. The SMILES string of the molecule is Cc1c(C(=O)NCc2ccc(N3CCN(C)CC3)cc2)cnn1-c1ccc(Cl)cc1. The van der Waals surface area contributed by atoms with Crippen LogP contribution < -0.4 is 10.2 Å². The Morgan fingerprint density at radius 2 is 1.63 bits per heavy atom. The van der Waals surface area contributed by atoms with Gasteiger partial charge in [0, 0.05) is 43.4 Å². The number of nitrogens with zero attached hydrogens (tertiary/aromatic N) is 4. The Kier molecular flexibility index (Phi) is 6.06. The maximum Gasteiger partial charge on any atom is 0.255 e. The highest BCUT2D eigenvalue weighted by Crippen LogP contribution is 2.18. The Bertz CT molecular complexity index is 1010. The summed E-state index contributed by atoms with van der Waals surface area (Å²) in [4.78, 5) is 17.4. The maximum absolute atomic E-state index is 12.7. The lowest BCUT2D eigenvalue weighted by molar-refractivity contribution is 0.0950. The fourth-order valence-electron chi connectivity index (χ4n) is 3.64. The third kappa shape index (κ3) is 4.50. The number of carbonyl (C=O) groups excluding carboxylic acids is 1. The van der Waals surface area contributed by atoms with Crippen molar-refractivity contribution in [2.75, 3.05) is 38.1 Å². The molecule has 1 amide bonds. The van der Waals surface area contributed by atoms with Crippen molar-refractivity contribution < 1.29 is 4.79 Å². The molecule has 156 valence electrons.